The average Bonchev–Trinajstić information content (AvgIpc) is 3.24. The molecule has 1 aliphatic heterocycles. The van der Waals surface area contributed by atoms with Crippen LogP contribution in [-0.2, 0) is 6.54 Å². The van der Waals surface area contributed by atoms with Crippen molar-refractivity contribution in [1.29, 1.82) is 0 Å². The molecule has 2 N–H and O–H groups in total. The zero-order chi connectivity index (χ0) is 16.9. The van der Waals surface area contributed by atoms with Gasteiger partial charge in [0.25, 0.3) is 0 Å². The van der Waals surface area contributed by atoms with Gasteiger partial charge in [-0.3, -0.25) is 5.10 Å². The molecule has 2 unspecified atom stereocenters. The molecule has 0 radical (unpaired) electrons. The standard InChI is InChI=1S/C17H27N7/c1-4-19-17(20-9-15-10-21-22-14(15)3)23-7-5-13(2)16(11-23)24-8-6-18-12-24/h6,8,10,12-13,16H,4-5,7,9,11H2,1-3H3,(H,19,20)(H,21,22). The molecule has 130 valence electrons. The van der Waals surface area contributed by atoms with E-state index in [2.05, 4.69) is 50.0 Å². The number of aliphatic imine (C=N–C) groups is 1. The molecule has 1 aliphatic rings. The van der Waals surface area contributed by atoms with E-state index in [9.17, 15) is 0 Å². The van der Waals surface area contributed by atoms with Gasteiger partial charge < -0.3 is 14.8 Å². The Bertz CT molecular complexity index is 658. The minimum Gasteiger partial charge on any atom is -0.357 e. The molecule has 0 aliphatic carbocycles. The van der Waals surface area contributed by atoms with Gasteiger partial charge >= 0.3 is 0 Å². The predicted octanol–water partition coefficient (Wildman–Crippen LogP) is 1.96. The third-order valence-corrected chi connectivity index (χ3v) is 4.79. The van der Waals surface area contributed by atoms with Crippen molar-refractivity contribution in [2.45, 2.75) is 39.8 Å². The molecule has 2 aromatic rings. The summed E-state index contributed by atoms with van der Waals surface area (Å²) in [4.78, 5) is 11.4. The number of hydrogen-bond donors (Lipinski definition) is 2. The van der Waals surface area contributed by atoms with E-state index in [0.717, 1.165) is 43.3 Å². The molecule has 2 aromatic heterocycles. The summed E-state index contributed by atoms with van der Waals surface area (Å²) in [6, 6.07) is 0.431. The van der Waals surface area contributed by atoms with Gasteiger partial charge in [0.1, 0.15) is 0 Å². The topological polar surface area (TPSA) is 74.1 Å². The van der Waals surface area contributed by atoms with E-state index in [0.29, 0.717) is 18.5 Å². The molecule has 0 saturated carbocycles. The number of aromatic amines is 1. The van der Waals surface area contributed by atoms with E-state index in [-0.39, 0.29) is 0 Å². The van der Waals surface area contributed by atoms with Crippen molar-refractivity contribution in [2.75, 3.05) is 19.6 Å². The molecular weight excluding hydrogens is 302 g/mol. The summed E-state index contributed by atoms with van der Waals surface area (Å²) in [5, 5.41) is 10.5. The van der Waals surface area contributed by atoms with Gasteiger partial charge in [-0.1, -0.05) is 6.92 Å². The monoisotopic (exact) mass is 329 g/mol. The molecule has 24 heavy (non-hydrogen) atoms. The van der Waals surface area contributed by atoms with Crippen LogP contribution in [0.3, 0.4) is 0 Å². The van der Waals surface area contributed by atoms with E-state index >= 15 is 0 Å². The number of H-pyrrole nitrogens is 1. The maximum atomic E-state index is 4.83. The number of aromatic nitrogens is 4. The molecule has 1 fully saturated rings. The summed E-state index contributed by atoms with van der Waals surface area (Å²) in [6.07, 6.45) is 8.84. The fraction of sp³-hybridized carbons (Fsp3) is 0.588. The summed E-state index contributed by atoms with van der Waals surface area (Å²) in [6.45, 7) is 9.95. The van der Waals surface area contributed by atoms with Gasteiger partial charge in [-0.05, 0) is 26.2 Å². The summed E-state index contributed by atoms with van der Waals surface area (Å²) in [5.74, 6) is 1.62. The second kappa shape index (κ2) is 7.51. The highest BCUT2D eigenvalue weighted by Crippen LogP contribution is 2.27. The van der Waals surface area contributed by atoms with Crippen molar-refractivity contribution in [3.05, 3.63) is 36.2 Å². The minimum absolute atomic E-state index is 0.431. The Balaban J connectivity index is 1.74. The Morgan fingerprint density at radius 1 is 1.50 bits per heavy atom. The maximum Gasteiger partial charge on any atom is 0.194 e. The zero-order valence-electron chi connectivity index (χ0n) is 14.7. The molecule has 0 spiro atoms. The lowest BCUT2D eigenvalue weighted by Crippen LogP contribution is -2.49. The number of imidazole rings is 1. The quantitative estimate of drug-likeness (QED) is 0.664. The Morgan fingerprint density at radius 3 is 3.04 bits per heavy atom. The first-order chi connectivity index (χ1) is 11.7. The van der Waals surface area contributed by atoms with Crippen LogP contribution in [0.2, 0.25) is 0 Å². The Morgan fingerprint density at radius 2 is 2.38 bits per heavy atom. The lowest BCUT2D eigenvalue weighted by Gasteiger charge is -2.39. The van der Waals surface area contributed by atoms with Crippen LogP contribution in [0.1, 0.15) is 37.6 Å². The Kier molecular flexibility index (Phi) is 5.17. The largest absolute Gasteiger partial charge is 0.357 e. The predicted molar refractivity (Wildman–Crippen MR) is 94.8 cm³/mol. The second-order valence-electron chi connectivity index (χ2n) is 6.48. The first-order valence-electron chi connectivity index (χ1n) is 8.68. The number of hydrogen-bond acceptors (Lipinski definition) is 3. The molecule has 2 atom stereocenters. The lowest BCUT2D eigenvalue weighted by molar-refractivity contribution is 0.189. The molecule has 7 heteroatoms. The Hall–Kier alpha value is -2.31. The molecule has 0 amide bonds. The molecule has 3 rings (SSSR count). The number of guanidine groups is 1. The van der Waals surface area contributed by atoms with Gasteiger partial charge in [-0.25, -0.2) is 9.98 Å². The number of likely N-dealkylation sites (tertiary alicyclic amines) is 1. The Labute approximate surface area is 143 Å². The van der Waals surface area contributed by atoms with Crippen LogP contribution < -0.4 is 5.32 Å². The molecule has 7 nitrogen and oxygen atoms in total. The molecule has 3 heterocycles. The number of piperidine rings is 1. The highest BCUT2D eigenvalue weighted by Gasteiger charge is 2.28. The average molecular weight is 329 g/mol. The van der Waals surface area contributed by atoms with Crippen LogP contribution >= 0.6 is 0 Å². The van der Waals surface area contributed by atoms with Crippen LogP contribution in [0.15, 0.2) is 29.9 Å². The van der Waals surface area contributed by atoms with Gasteiger partial charge in [-0.15, -0.1) is 0 Å². The lowest BCUT2D eigenvalue weighted by atomic mass is 9.93. The summed E-state index contributed by atoms with van der Waals surface area (Å²) < 4.78 is 2.22. The van der Waals surface area contributed by atoms with Crippen LogP contribution in [0.25, 0.3) is 0 Å². The first-order valence-corrected chi connectivity index (χ1v) is 8.68. The van der Waals surface area contributed by atoms with Crippen LogP contribution in [0.5, 0.6) is 0 Å². The zero-order valence-corrected chi connectivity index (χ0v) is 14.7. The van der Waals surface area contributed by atoms with Gasteiger partial charge in [0, 0.05) is 43.3 Å². The number of nitrogens with zero attached hydrogens (tertiary/aromatic N) is 5. The second-order valence-corrected chi connectivity index (χ2v) is 6.48. The smallest absolute Gasteiger partial charge is 0.194 e. The van der Waals surface area contributed by atoms with Crippen molar-refractivity contribution >= 4 is 5.96 Å². The minimum atomic E-state index is 0.431. The third-order valence-electron chi connectivity index (χ3n) is 4.79. The van der Waals surface area contributed by atoms with E-state index in [1.54, 1.807) is 0 Å². The van der Waals surface area contributed by atoms with Crippen molar-refractivity contribution in [3.63, 3.8) is 0 Å². The molecule has 1 saturated heterocycles. The van der Waals surface area contributed by atoms with E-state index < -0.39 is 0 Å². The number of rotatable bonds is 4. The fourth-order valence-electron chi connectivity index (χ4n) is 3.22. The van der Waals surface area contributed by atoms with Crippen LogP contribution in [0, 0.1) is 12.8 Å². The fourth-order valence-corrected chi connectivity index (χ4v) is 3.22. The van der Waals surface area contributed by atoms with Gasteiger partial charge in [-0.2, -0.15) is 5.10 Å². The normalized spacial score (nSPS) is 22.0. The van der Waals surface area contributed by atoms with Gasteiger partial charge in [0.2, 0.25) is 0 Å². The third kappa shape index (κ3) is 3.60. The van der Waals surface area contributed by atoms with Gasteiger partial charge in [0.15, 0.2) is 5.96 Å². The van der Waals surface area contributed by atoms with Crippen molar-refractivity contribution in [2.24, 2.45) is 10.9 Å². The molecular formula is C17H27N7. The van der Waals surface area contributed by atoms with E-state index in [4.69, 9.17) is 4.99 Å². The van der Waals surface area contributed by atoms with Crippen molar-refractivity contribution in [1.82, 2.24) is 30.0 Å². The van der Waals surface area contributed by atoms with Crippen LogP contribution in [0.4, 0.5) is 0 Å². The van der Waals surface area contributed by atoms with Crippen molar-refractivity contribution < 1.29 is 0 Å². The van der Waals surface area contributed by atoms with Crippen LogP contribution in [-0.4, -0.2) is 50.2 Å². The maximum absolute atomic E-state index is 4.83. The summed E-state index contributed by atoms with van der Waals surface area (Å²) in [5.41, 5.74) is 2.22. The van der Waals surface area contributed by atoms with E-state index in [1.165, 1.54) is 0 Å². The van der Waals surface area contributed by atoms with E-state index in [1.807, 2.05) is 25.6 Å². The number of aryl methyl sites for hydroxylation is 1. The first kappa shape index (κ1) is 16.5. The highest BCUT2D eigenvalue weighted by atomic mass is 15.3. The highest BCUT2D eigenvalue weighted by molar-refractivity contribution is 5.80. The molecule has 0 aromatic carbocycles. The molecule has 0 bridgehead atoms. The SMILES string of the molecule is CCNC(=NCc1cn[nH]c1C)N1CCC(C)C(n2ccnc2)C1. The van der Waals surface area contributed by atoms with Crippen molar-refractivity contribution in [3.8, 4) is 0 Å². The van der Waals surface area contributed by atoms with Gasteiger partial charge in [0.05, 0.1) is 25.1 Å². The summed E-state index contributed by atoms with van der Waals surface area (Å²) >= 11 is 0. The number of nitrogens with one attached hydrogen (secondary N) is 2. The summed E-state index contributed by atoms with van der Waals surface area (Å²) in [7, 11) is 0.